The molecule has 1 amide bonds. The Kier molecular flexibility index (Phi) is 6.82. The van der Waals surface area contributed by atoms with Gasteiger partial charge in [-0.25, -0.2) is 9.67 Å². The number of benzene rings is 2. The van der Waals surface area contributed by atoms with Gasteiger partial charge in [-0.15, -0.1) is 5.10 Å². The zero-order chi connectivity index (χ0) is 26.0. The average Bonchev–Trinajstić information content (AvgIpc) is 3.39. The van der Waals surface area contributed by atoms with Crippen molar-refractivity contribution >= 4 is 17.4 Å². The number of amides is 1. The number of carbonyl (C=O) groups excluding carboxylic acids is 1. The zero-order valence-electron chi connectivity index (χ0n) is 21.0. The van der Waals surface area contributed by atoms with Gasteiger partial charge in [0, 0.05) is 11.3 Å². The van der Waals surface area contributed by atoms with E-state index in [9.17, 15) is 4.79 Å². The van der Waals surface area contributed by atoms with Gasteiger partial charge in [-0.3, -0.25) is 4.79 Å². The Labute approximate surface area is 208 Å². The molecule has 0 saturated heterocycles. The Balaban J connectivity index is 1.58. The van der Waals surface area contributed by atoms with Gasteiger partial charge in [0.2, 0.25) is 11.6 Å². The number of rotatable bonds is 8. The van der Waals surface area contributed by atoms with Gasteiger partial charge in [-0.1, -0.05) is 11.3 Å². The Bertz CT molecular complexity index is 1380. The van der Waals surface area contributed by atoms with Crippen LogP contribution in [0.4, 0.5) is 11.5 Å². The molecule has 11 heteroatoms. The molecule has 0 aliphatic rings. The first-order valence-electron chi connectivity index (χ1n) is 11.1. The predicted octanol–water partition coefficient (Wildman–Crippen LogP) is 3.77. The predicted molar refractivity (Wildman–Crippen MR) is 134 cm³/mol. The Morgan fingerprint density at radius 1 is 1.00 bits per heavy atom. The maximum Gasteiger partial charge on any atom is 0.280 e. The highest BCUT2D eigenvalue weighted by Crippen LogP contribution is 2.41. The summed E-state index contributed by atoms with van der Waals surface area (Å²) in [6.07, 6.45) is 0. The third-order valence-corrected chi connectivity index (χ3v) is 5.57. The molecule has 2 aromatic carbocycles. The smallest absolute Gasteiger partial charge is 0.280 e. The number of methoxy groups -OCH3 is 3. The van der Waals surface area contributed by atoms with Crippen LogP contribution in [0, 0.1) is 20.8 Å². The minimum Gasteiger partial charge on any atom is -0.493 e. The average molecular weight is 493 g/mol. The van der Waals surface area contributed by atoms with E-state index in [-0.39, 0.29) is 18.1 Å². The van der Waals surface area contributed by atoms with Crippen LogP contribution in [0.15, 0.2) is 34.7 Å². The fourth-order valence-electron chi connectivity index (χ4n) is 3.88. The van der Waals surface area contributed by atoms with Crippen molar-refractivity contribution in [1.29, 1.82) is 0 Å². The normalized spacial score (nSPS) is 10.8. The molecule has 0 atom stereocenters. The molecular formula is C25H28N6O5. The van der Waals surface area contributed by atoms with E-state index in [0.717, 1.165) is 11.1 Å². The molecular weight excluding hydrogens is 464 g/mol. The highest BCUT2D eigenvalue weighted by atomic mass is 16.5. The molecule has 0 fully saturated rings. The van der Waals surface area contributed by atoms with Crippen molar-refractivity contribution in [3.8, 4) is 28.7 Å². The van der Waals surface area contributed by atoms with Crippen LogP contribution >= 0.6 is 0 Å². The summed E-state index contributed by atoms with van der Waals surface area (Å²) >= 11 is 0. The van der Waals surface area contributed by atoms with Gasteiger partial charge in [-0.05, 0) is 56.2 Å². The zero-order valence-corrected chi connectivity index (χ0v) is 21.0. The van der Waals surface area contributed by atoms with Crippen LogP contribution in [0.1, 0.15) is 33.1 Å². The van der Waals surface area contributed by atoms with E-state index in [1.165, 1.54) is 26.0 Å². The largest absolute Gasteiger partial charge is 0.493 e. The first-order valence-corrected chi connectivity index (χ1v) is 11.1. The number of carbonyl (C=O) groups is 1. The summed E-state index contributed by atoms with van der Waals surface area (Å²) in [7, 11) is 4.61. The van der Waals surface area contributed by atoms with Gasteiger partial charge in [0.15, 0.2) is 23.0 Å². The van der Waals surface area contributed by atoms with Crippen molar-refractivity contribution in [3.05, 3.63) is 58.6 Å². The SMILES string of the molecule is COc1cc(-c2nc(Cn3nnc(C(=O)Nc4cc(C)cc(C)c4)c3N)c(C)o2)cc(OC)c1OC. The molecule has 4 aromatic rings. The van der Waals surface area contributed by atoms with Crippen LogP contribution < -0.4 is 25.3 Å². The summed E-state index contributed by atoms with van der Waals surface area (Å²) in [6, 6.07) is 9.25. The fourth-order valence-corrected chi connectivity index (χ4v) is 3.88. The van der Waals surface area contributed by atoms with Crippen molar-refractivity contribution in [1.82, 2.24) is 20.0 Å². The minimum atomic E-state index is -0.446. The molecule has 0 unspecified atom stereocenters. The van der Waals surface area contributed by atoms with Crippen LogP contribution in [-0.4, -0.2) is 47.2 Å². The van der Waals surface area contributed by atoms with E-state index in [1.54, 1.807) is 19.1 Å². The second-order valence-electron chi connectivity index (χ2n) is 8.25. The fraction of sp³-hybridized carbons (Fsp3) is 0.280. The maximum absolute atomic E-state index is 12.8. The van der Waals surface area contributed by atoms with Crippen molar-refractivity contribution in [3.63, 3.8) is 0 Å². The molecule has 0 bridgehead atoms. The van der Waals surface area contributed by atoms with Crippen LogP contribution in [-0.2, 0) is 6.54 Å². The first kappa shape index (κ1) is 24.6. The van der Waals surface area contributed by atoms with Crippen LogP contribution in [0.2, 0.25) is 0 Å². The van der Waals surface area contributed by atoms with E-state index in [2.05, 4.69) is 20.6 Å². The molecule has 0 aliphatic carbocycles. The number of oxazole rings is 1. The summed E-state index contributed by atoms with van der Waals surface area (Å²) in [5.74, 6) is 2.01. The van der Waals surface area contributed by atoms with E-state index in [4.69, 9.17) is 24.4 Å². The second-order valence-corrected chi connectivity index (χ2v) is 8.25. The van der Waals surface area contributed by atoms with Gasteiger partial charge in [-0.2, -0.15) is 0 Å². The Morgan fingerprint density at radius 2 is 1.64 bits per heavy atom. The molecule has 4 rings (SSSR count). The summed E-state index contributed by atoms with van der Waals surface area (Å²) in [6.45, 7) is 5.86. The van der Waals surface area contributed by atoms with Gasteiger partial charge in [0.05, 0.1) is 27.9 Å². The van der Waals surface area contributed by atoms with Crippen molar-refractivity contribution in [2.75, 3.05) is 32.4 Å². The second kappa shape index (κ2) is 9.98. The van der Waals surface area contributed by atoms with Crippen LogP contribution in [0.25, 0.3) is 11.5 Å². The lowest BCUT2D eigenvalue weighted by Gasteiger charge is -2.12. The molecule has 0 aliphatic heterocycles. The Hall–Kier alpha value is -4.54. The lowest BCUT2D eigenvalue weighted by molar-refractivity contribution is 0.102. The topological polar surface area (TPSA) is 140 Å². The van der Waals surface area contributed by atoms with E-state index in [1.807, 2.05) is 32.0 Å². The molecule has 188 valence electrons. The quantitative estimate of drug-likeness (QED) is 0.376. The lowest BCUT2D eigenvalue weighted by Crippen LogP contribution is -2.15. The van der Waals surface area contributed by atoms with E-state index < -0.39 is 5.91 Å². The number of ether oxygens (including phenoxy) is 3. The van der Waals surface area contributed by atoms with Gasteiger partial charge in [0.1, 0.15) is 11.5 Å². The summed E-state index contributed by atoms with van der Waals surface area (Å²) in [5.41, 5.74) is 10.2. The number of nitrogen functional groups attached to an aromatic ring is 1. The number of anilines is 2. The Morgan fingerprint density at radius 3 is 2.22 bits per heavy atom. The monoisotopic (exact) mass is 492 g/mol. The lowest BCUT2D eigenvalue weighted by atomic mass is 10.1. The number of aryl methyl sites for hydroxylation is 3. The number of nitrogens with two attached hydrogens (primary N) is 1. The van der Waals surface area contributed by atoms with E-state index in [0.29, 0.717) is 45.8 Å². The number of aromatic nitrogens is 4. The van der Waals surface area contributed by atoms with Crippen molar-refractivity contribution in [2.24, 2.45) is 0 Å². The van der Waals surface area contributed by atoms with Crippen molar-refractivity contribution < 1.29 is 23.4 Å². The molecule has 36 heavy (non-hydrogen) atoms. The number of hydrogen-bond donors (Lipinski definition) is 2. The van der Waals surface area contributed by atoms with Crippen LogP contribution in [0.5, 0.6) is 17.2 Å². The minimum absolute atomic E-state index is 0.0279. The third kappa shape index (κ3) is 4.81. The molecule has 2 heterocycles. The molecule has 3 N–H and O–H groups in total. The standard InChI is InChI=1S/C25H28N6O5/c1-13-7-14(2)9-17(8-13)27-24(32)21-23(26)31(30-29-21)12-18-15(3)36-25(28-18)16-10-19(33-4)22(35-6)20(11-16)34-5/h7-11H,12,26H2,1-6H3,(H,27,32). The summed E-state index contributed by atoms with van der Waals surface area (Å²) < 4.78 is 23.5. The highest BCUT2D eigenvalue weighted by molar-refractivity contribution is 6.05. The number of nitrogens with one attached hydrogen (secondary N) is 1. The summed E-state index contributed by atoms with van der Waals surface area (Å²) in [5, 5.41) is 10.9. The highest BCUT2D eigenvalue weighted by Gasteiger charge is 2.22. The maximum atomic E-state index is 12.8. The molecule has 11 nitrogen and oxygen atoms in total. The molecule has 0 saturated carbocycles. The first-order chi connectivity index (χ1) is 17.2. The number of hydrogen-bond acceptors (Lipinski definition) is 9. The van der Waals surface area contributed by atoms with Gasteiger partial charge < -0.3 is 29.7 Å². The molecule has 0 radical (unpaired) electrons. The van der Waals surface area contributed by atoms with E-state index >= 15 is 0 Å². The summed E-state index contributed by atoms with van der Waals surface area (Å²) in [4.78, 5) is 17.4. The van der Waals surface area contributed by atoms with Crippen LogP contribution in [0.3, 0.4) is 0 Å². The van der Waals surface area contributed by atoms with Gasteiger partial charge in [0.25, 0.3) is 5.91 Å². The third-order valence-electron chi connectivity index (χ3n) is 5.57. The molecule has 2 aromatic heterocycles. The van der Waals surface area contributed by atoms with Gasteiger partial charge >= 0.3 is 0 Å². The number of nitrogens with zero attached hydrogens (tertiary/aromatic N) is 4. The molecule has 0 spiro atoms. The van der Waals surface area contributed by atoms with Crippen molar-refractivity contribution in [2.45, 2.75) is 27.3 Å².